The summed E-state index contributed by atoms with van der Waals surface area (Å²) in [6.07, 6.45) is 17.8. The van der Waals surface area contributed by atoms with Crippen LogP contribution in [-0.2, 0) is 6.54 Å². The lowest BCUT2D eigenvalue weighted by molar-refractivity contribution is 0.0660. The highest BCUT2D eigenvalue weighted by molar-refractivity contribution is 5.98. The summed E-state index contributed by atoms with van der Waals surface area (Å²) in [6.45, 7) is 9.16. The van der Waals surface area contributed by atoms with Gasteiger partial charge < -0.3 is 4.90 Å². The lowest BCUT2D eigenvalue weighted by atomic mass is 9.92. The Morgan fingerprint density at radius 2 is 1.82 bits per heavy atom. The minimum atomic E-state index is 0.252. The van der Waals surface area contributed by atoms with Gasteiger partial charge in [-0.2, -0.15) is 0 Å². The van der Waals surface area contributed by atoms with E-state index in [4.69, 9.17) is 0 Å². The zero-order valence-corrected chi connectivity index (χ0v) is 18.3. The normalized spacial score (nSPS) is 17.6. The summed E-state index contributed by atoms with van der Waals surface area (Å²) in [5.74, 6) is 1.22. The molecule has 0 spiro atoms. The van der Waals surface area contributed by atoms with Crippen LogP contribution < -0.4 is 0 Å². The first-order valence-electron chi connectivity index (χ1n) is 11.7. The van der Waals surface area contributed by atoms with Gasteiger partial charge in [0.2, 0.25) is 0 Å². The van der Waals surface area contributed by atoms with Crippen molar-refractivity contribution in [2.75, 3.05) is 0 Å². The molecular formula is C26H41NO. The summed E-state index contributed by atoms with van der Waals surface area (Å²) in [7, 11) is 0. The molecule has 1 aliphatic carbocycles. The first-order chi connectivity index (χ1) is 13.7. The lowest BCUT2D eigenvalue weighted by Gasteiger charge is -2.30. The number of benzene rings is 1. The monoisotopic (exact) mass is 383 g/mol. The van der Waals surface area contributed by atoms with Gasteiger partial charge in [0, 0.05) is 18.2 Å². The van der Waals surface area contributed by atoms with E-state index in [2.05, 4.69) is 37.5 Å². The number of hydrogen-bond acceptors (Lipinski definition) is 1. The van der Waals surface area contributed by atoms with Crippen molar-refractivity contribution in [3.05, 3.63) is 48.0 Å². The van der Waals surface area contributed by atoms with E-state index in [0.717, 1.165) is 18.0 Å². The minimum Gasteiger partial charge on any atom is -0.331 e. The van der Waals surface area contributed by atoms with Gasteiger partial charge in [-0.05, 0) is 43.2 Å². The Kier molecular flexibility index (Phi) is 10.4. The third-order valence-electron chi connectivity index (χ3n) is 6.31. The zero-order chi connectivity index (χ0) is 20.2. The van der Waals surface area contributed by atoms with E-state index >= 15 is 0 Å². The number of allylic oxidation sites excluding steroid dienone is 1. The predicted octanol–water partition coefficient (Wildman–Crippen LogP) is 7.53. The van der Waals surface area contributed by atoms with Gasteiger partial charge in [-0.1, -0.05) is 89.5 Å². The average Bonchev–Trinajstić information content (AvgIpc) is 3.08. The van der Waals surface area contributed by atoms with Crippen molar-refractivity contribution in [1.29, 1.82) is 0 Å². The first kappa shape index (κ1) is 22.7. The highest BCUT2D eigenvalue weighted by atomic mass is 16.2. The van der Waals surface area contributed by atoms with Crippen LogP contribution in [0.3, 0.4) is 0 Å². The number of carbonyl (C=O) groups is 1. The Bertz CT molecular complexity index is 588. The highest BCUT2D eigenvalue weighted by Gasteiger charge is 2.32. The molecule has 0 saturated heterocycles. The van der Waals surface area contributed by atoms with Gasteiger partial charge in [-0.3, -0.25) is 4.79 Å². The number of hydrogen-bond donors (Lipinski definition) is 0. The van der Waals surface area contributed by atoms with Crippen molar-refractivity contribution >= 4 is 5.91 Å². The Hall–Kier alpha value is -1.57. The average molecular weight is 384 g/mol. The van der Waals surface area contributed by atoms with E-state index in [1.165, 1.54) is 82.6 Å². The van der Waals surface area contributed by atoms with Gasteiger partial charge in [0.15, 0.2) is 0 Å². The summed E-state index contributed by atoms with van der Waals surface area (Å²) in [4.78, 5) is 14.3. The molecule has 1 aromatic rings. The molecule has 1 aliphatic heterocycles. The Morgan fingerprint density at radius 3 is 2.46 bits per heavy atom. The van der Waals surface area contributed by atoms with Crippen molar-refractivity contribution in [1.82, 2.24) is 4.90 Å². The molecule has 1 heterocycles. The molecule has 2 nitrogen and oxygen atoms in total. The molecule has 0 N–H and O–H groups in total. The first-order valence-corrected chi connectivity index (χ1v) is 11.7. The van der Waals surface area contributed by atoms with Crippen molar-refractivity contribution in [2.45, 2.75) is 103 Å². The molecular weight excluding hydrogens is 342 g/mol. The van der Waals surface area contributed by atoms with Crippen LogP contribution in [0, 0.1) is 5.92 Å². The maximum absolute atomic E-state index is 12.2. The molecule has 1 unspecified atom stereocenters. The van der Waals surface area contributed by atoms with E-state index < -0.39 is 0 Å². The molecule has 1 amide bonds. The van der Waals surface area contributed by atoms with Gasteiger partial charge in [-0.25, -0.2) is 0 Å². The summed E-state index contributed by atoms with van der Waals surface area (Å²) < 4.78 is 0. The topological polar surface area (TPSA) is 20.3 Å². The fourth-order valence-corrected chi connectivity index (χ4v) is 4.65. The SMILES string of the molecule is C=CCCC(CCC)CCCC.O=C1c2ccccc2CN1C1CCCCC1. The van der Waals surface area contributed by atoms with Crippen LogP contribution in [-0.4, -0.2) is 16.8 Å². The van der Waals surface area contributed by atoms with Crippen molar-refractivity contribution in [3.8, 4) is 0 Å². The molecule has 1 saturated carbocycles. The molecule has 156 valence electrons. The van der Waals surface area contributed by atoms with Crippen LogP contribution in [0.5, 0.6) is 0 Å². The molecule has 1 aromatic carbocycles. The zero-order valence-electron chi connectivity index (χ0n) is 18.3. The van der Waals surface area contributed by atoms with E-state index in [0.29, 0.717) is 6.04 Å². The second-order valence-electron chi connectivity index (χ2n) is 8.54. The summed E-state index contributed by atoms with van der Waals surface area (Å²) in [6, 6.07) is 8.52. The van der Waals surface area contributed by atoms with Crippen molar-refractivity contribution in [3.63, 3.8) is 0 Å². The van der Waals surface area contributed by atoms with Gasteiger partial charge in [-0.15, -0.1) is 6.58 Å². The summed E-state index contributed by atoms with van der Waals surface area (Å²) >= 11 is 0. The Labute approximate surface area is 173 Å². The van der Waals surface area contributed by atoms with Gasteiger partial charge in [0.1, 0.15) is 0 Å². The summed E-state index contributed by atoms with van der Waals surface area (Å²) in [5.41, 5.74) is 2.13. The number of nitrogens with zero attached hydrogens (tertiary/aromatic N) is 1. The second kappa shape index (κ2) is 12.8. The fraction of sp³-hybridized carbons (Fsp3) is 0.654. The smallest absolute Gasteiger partial charge is 0.254 e. The van der Waals surface area contributed by atoms with E-state index in [9.17, 15) is 4.79 Å². The number of amides is 1. The maximum Gasteiger partial charge on any atom is 0.254 e. The van der Waals surface area contributed by atoms with Gasteiger partial charge in [0.05, 0.1) is 0 Å². The molecule has 0 bridgehead atoms. The molecule has 1 fully saturated rings. The van der Waals surface area contributed by atoms with Crippen molar-refractivity contribution < 1.29 is 4.79 Å². The standard InChI is InChI=1S/C14H17NO.C12H24/c16-14-13-9-5-4-6-11(13)10-15(14)12-7-2-1-3-8-12;1-4-7-10-12(9-6-3)11-8-5-2/h4-6,9,12H,1-3,7-8,10H2;4,12H,1,5-11H2,2-3H3. The third kappa shape index (κ3) is 6.79. The van der Waals surface area contributed by atoms with E-state index in [1.54, 1.807) is 0 Å². The lowest BCUT2D eigenvalue weighted by Crippen LogP contribution is -2.36. The molecule has 2 heteroatoms. The Balaban J connectivity index is 0.000000211. The summed E-state index contributed by atoms with van der Waals surface area (Å²) in [5, 5.41) is 0. The van der Waals surface area contributed by atoms with E-state index in [1.807, 2.05) is 18.2 Å². The van der Waals surface area contributed by atoms with Crippen LogP contribution in [0.1, 0.15) is 107 Å². The number of carbonyl (C=O) groups excluding carboxylic acids is 1. The Morgan fingerprint density at radius 1 is 1.07 bits per heavy atom. The third-order valence-corrected chi connectivity index (χ3v) is 6.31. The predicted molar refractivity (Wildman–Crippen MR) is 121 cm³/mol. The number of fused-ring (bicyclic) bond motifs is 1. The molecule has 0 aromatic heterocycles. The molecule has 0 radical (unpaired) electrons. The number of rotatable bonds is 9. The fourth-order valence-electron chi connectivity index (χ4n) is 4.65. The van der Waals surface area contributed by atoms with Crippen LogP contribution in [0.4, 0.5) is 0 Å². The second-order valence-corrected chi connectivity index (χ2v) is 8.54. The van der Waals surface area contributed by atoms with Crippen LogP contribution >= 0.6 is 0 Å². The quantitative estimate of drug-likeness (QED) is 0.403. The maximum atomic E-state index is 12.2. The highest BCUT2D eigenvalue weighted by Crippen LogP contribution is 2.30. The minimum absolute atomic E-state index is 0.252. The number of unbranched alkanes of at least 4 members (excludes halogenated alkanes) is 1. The van der Waals surface area contributed by atoms with E-state index in [-0.39, 0.29) is 5.91 Å². The van der Waals surface area contributed by atoms with Crippen LogP contribution in [0.2, 0.25) is 0 Å². The molecule has 3 rings (SSSR count). The van der Waals surface area contributed by atoms with Crippen LogP contribution in [0.15, 0.2) is 36.9 Å². The molecule has 1 atom stereocenters. The molecule has 2 aliphatic rings. The van der Waals surface area contributed by atoms with Crippen molar-refractivity contribution in [2.24, 2.45) is 5.92 Å². The van der Waals surface area contributed by atoms with Gasteiger partial charge >= 0.3 is 0 Å². The van der Waals surface area contributed by atoms with Crippen LogP contribution in [0.25, 0.3) is 0 Å². The largest absolute Gasteiger partial charge is 0.331 e. The van der Waals surface area contributed by atoms with Gasteiger partial charge in [0.25, 0.3) is 5.91 Å². The molecule has 28 heavy (non-hydrogen) atoms.